The van der Waals surface area contributed by atoms with Gasteiger partial charge in [-0.25, -0.2) is 0 Å². The Morgan fingerprint density at radius 1 is 1.00 bits per heavy atom. The summed E-state index contributed by atoms with van der Waals surface area (Å²) in [4.78, 5) is 21.9. The Bertz CT molecular complexity index is 1120. The average molecular weight is 658 g/mol. The van der Waals surface area contributed by atoms with Crippen LogP contribution in [0.3, 0.4) is 0 Å². The second kappa shape index (κ2) is 22.6. The maximum Gasteiger partial charge on any atom is 0.232 e. The van der Waals surface area contributed by atoms with Gasteiger partial charge in [-0.05, 0) is 82.1 Å². The number of nitrogens with zero attached hydrogens (tertiary/aromatic N) is 3. The molecule has 2 aliphatic rings. The van der Waals surface area contributed by atoms with Gasteiger partial charge in [0.1, 0.15) is 0 Å². The van der Waals surface area contributed by atoms with Crippen LogP contribution in [-0.4, -0.2) is 52.8 Å². The molecule has 45 heavy (non-hydrogen) atoms. The van der Waals surface area contributed by atoms with Crippen molar-refractivity contribution < 1.29 is 4.79 Å². The average Bonchev–Trinajstić information content (AvgIpc) is 3.80. The van der Waals surface area contributed by atoms with Gasteiger partial charge in [-0.3, -0.25) is 9.79 Å². The SMILES string of the molecule is CCCCCC.CCCc1cccc(Cl)c1.C\C=C(C(/C(C)=N/C=C/CC)=C(/C)N1CCN(C(=O)C2(P)CC2)CC1)\C(C)CC. The number of hydrogen-bond donors (Lipinski definition) is 0. The first-order valence-corrected chi connectivity index (χ1v) is 18.6. The van der Waals surface area contributed by atoms with Crippen LogP contribution in [0, 0.1) is 5.92 Å². The molecule has 3 rings (SSSR count). The van der Waals surface area contributed by atoms with Crippen molar-refractivity contribution >= 4 is 32.5 Å². The molecule has 1 amide bonds. The smallest absolute Gasteiger partial charge is 0.232 e. The van der Waals surface area contributed by atoms with Crippen LogP contribution >= 0.6 is 20.8 Å². The molecule has 1 aliphatic carbocycles. The maximum absolute atomic E-state index is 12.7. The Hall–Kier alpha value is -1.90. The van der Waals surface area contributed by atoms with Crippen LogP contribution < -0.4 is 0 Å². The number of amides is 1. The summed E-state index contributed by atoms with van der Waals surface area (Å²) in [7, 11) is 2.78. The fourth-order valence-corrected chi connectivity index (χ4v) is 6.00. The van der Waals surface area contributed by atoms with Gasteiger partial charge in [0, 0.05) is 54.4 Å². The van der Waals surface area contributed by atoms with Crippen molar-refractivity contribution in [3.05, 3.63) is 70.0 Å². The molecule has 2 atom stereocenters. The van der Waals surface area contributed by atoms with Gasteiger partial charge in [0.25, 0.3) is 0 Å². The molecule has 1 saturated heterocycles. The number of allylic oxidation sites excluding steroid dienone is 5. The van der Waals surface area contributed by atoms with E-state index in [0.717, 1.165) is 69.0 Å². The summed E-state index contributed by atoms with van der Waals surface area (Å²) in [5.74, 6) is 0.806. The highest BCUT2D eigenvalue weighted by molar-refractivity contribution is 7.21. The third kappa shape index (κ3) is 14.6. The molecule has 0 spiro atoms. The van der Waals surface area contributed by atoms with Crippen molar-refractivity contribution in [3.8, 4) is 0 Å². The van der Waals surface area contributed by atoms with E-state index in [1.54, 1.807) is 0 Å². The minimum absolute atomic E-state index is 0.151. The Morgan fingerprint density at radius 3 is 2.07 bits per heavy atom. The molecule has 1 aromatic rings. The Kier molecular flexibility index (Phi) is 20.6. The van der Waals surface area contributed by atoms with Crippen molar-refractivity contribution in [2.75, 3.05) is 26.2 Å². The van der Waals surface area contributed by atoms with E-state index in [-0.39, 0.29) is 5.16 Å². The summed E-state index contributed by atoms with van der Waals surface area (Å²) in [5, 5.41) is 0.688. The Labute approximate surface area is 285 Å². The molecular formula is C39H65ClN3OP. The van der Waals surface area contributed by atoms with Crippen LogP contribution in [0.4, 0.5) is 0 Å². The number of halogens is 1. The van der Waals surface area contributed by atoms with E-state index >= 15 is 0 Å². The molecule has 0 bridgehead atoms. The monoisotopic (exact) mass is 657 g/mol. The first kappa shape index (κ1) is 41.1. The van der Waals surface area contributed by atoms with Gasteiger partial charge in [0.15, 0.2) is 0 Å². The summed E-state index contributed by atoms with van der Waals surface area (Å²) in [6.45, 7) is 23.2. The topological polar surface area (TPSA) is 35.9 Å². The zero-order chi connectivity index (χ0) is 33.8. The zero-order valence-corrected chi connectivity index (χ0v) is 32.1. The second-order valence-corrected chi connectivity index (χ2v) is 14.1. The summed E-state index contributed by atoms with van der Waals surface area (Å²) >= 11 is 5.78. The van der Waals surface area contributed by atoms with E-state index in [2.05, 4.69) is 99.6 Å². The number of hydrogen-bond acceptors (Lipinski definition) is 3. The molecule has 0 aromatic heterocycles. The van der Waals surface area contributed by atoms with Gasteiger partial charge in [-0.1, -0.05) is 110 Å². The number of carbonyl (C=O) groups is 1. The van der Waals surface area contributed by atoms with Gasteiger partial charge in [-0.2, -0.15) is 0 Å². The molecule has 6 heteroatoms. The van der Waals surface area contributed by atoms with E-state index in [1.807, 2.05) is 24.4 Å². The lowest BCUT2D eigenvalue weighted by Gasteiger charge is -2.39. The van der Waals surface area contributed by atoms with E-state index in [4.69, 9.17) is 16.6 Å². The molecule has 1 aliphatic heterocycles. The van der Waals surface area contributed by atoms with Gasteiger partial charge >= 0.3 is 0 Å². The number of aryl methyl sites for hydroxylation is 1. The molecule has 1 saturated carbocycles. The largest absolute Gasteiger partial charge is 0.371 e. The van der Waals surface area contributed by atoms with Crippen molar-refractivity contribution in [3.63, 3.8) is 0 Å². The molecule has 254 valence electrons. The number of rotatable bonds is 13. The fourth-order valence-electron chi connectivity index (χ4n) is 5.46. The van der Waals surface area contributed by atoms with E-state index in [1.165, 1.54) is 54.5 Å². The van der Waals surface area contributed by atoms with E-state index in [9.17, 15) is 4.79 Å². The van der Waals surface area contributed by atoms with Gasteiger partial charge in [0.2, 0.25) is 5.91 Å². The second-order valence-electron chi connectivity index (χ2n) is 12.5. The zero-order valence-electron chi connectivity index (χ0n) is 30.2. The van der Waals surface area contributed by atoms with E-state index < -0.39 is 0 Å². The Balaban J connectivity index is 0.000000515. The Morgan fingerprint density at radius 2 is 1.60 bits per heavy atom. The molecular weight excluding hydrogens is 593 g/mol. The third-order valence-electron chi connectivity index (χ3n) is 8.72. The number of piperazine rings is 1. The van der Waals surface area contributed by atoms with Crippen molar-refractivity contribution in [1.29, 1.82) is 0 Å². The minimum atomic E-state index is -0.151. The van der Waals surface area contributed by atoms with Gasteiger partial charge in [-0.15, -0.1) is 9.24 Å². The standard InChI is InChI=1S/C24H40N3OP.C9H11Cl.C6H14/c1-7-10-13-25-19(5)22(21(9-3)18(4)8-2)20(6)26-14-16-27(17-15-26)23(28)24(29)11-12-24;1-2-4-8-5-3-6-9(10)7-8;1-3-5-6-4-2/h9-10,13,18H,7-8,11-12,14-17,29H2,1-6H3;3,5-7H,2,4H2,1H3;3-6H2,1-2H3/b13-10+,21-9-,22-20-,25-19+;;. The maximum atomic E-state index is 12.7. The van der Waals surface area contributed by atoms with E-state index in [0.29, 0.717) is 11.8 Å². The molecule has 2 fully saturated rings. The molecule has 0 radical (unpaired) electrons. The quantitative estimate of drug-likeness (QED) is 0.0915. The number of carbonyl (C=O) groups excluding carboxylic acids is 1. The summed E-state index contributed by atoms with van der Waals surface area (Å²) in [6, 6.07) is 8.02. The molecule has 2 unspecified atom stereocenters. The van der Waals surface area contributed by atoms with Gasteiger partial charge in [0.05, 0.1) is 5.16 Å². The van der Waals surface area contributed by atoms with Gasteiger partial charge < -0.3 is 9.80 Å². The highest BCUT2D eigenvalue weighted by Crippen LogP contribution is 2.46. The molecule has 1 aromatic carbocycles. The van der Waals surface area contributed by atoms with Crippen LogP contribution in [0.5, 0.6) is 0 Å². The number of unbranched alkanes of at least 4 members (excludes halogenated alkanes) is 3. The van der Waals surface area contributed by atoms with Crippen molar-refractivity contribution in [2.45, 2.75) is 132 Å². The first-order valence-electron chi connectivity index (χ1n) is 17.7. The summed E-state index contributed by atoms with van der Waals surface area (Å²) in [5.41, 5.74) is 6.32. The van der Waals surface area contributed by atoms with Crippen LogP contribution in [0.1, 0.15) is 126 Å². The lowest BCUT2D eigenvalue weighted by Crippen LogP contribution is -2.50. The minimum Gasteiger partial charge on any atom is -0.371 e. The summed E-state index contributed by atoms with van der Waals surface area (Å²) in [6.07, 6.45) is 18.2. The fraction of sp³-hybridized carbons (Fsp3) is 0.641. The third-order valence-corrected chi connectivity index (χ3v) is 9.78. The normalized spacial score (nSPS) is 17.6. The molecule has 0 N–H and O–H groups in total. The van der Waals surface area contributed by atoms with Crippen LogP contribution in [0.15, 0.2) is 64.5 Å². The predicted molar refractivity (Wildman–Crippen MR) is 204 cm³/mol. The lowest BCUT2D eigenvalue weighted by molar-refractivity contribution is -0.132. The van der Waals surface area contributed by atoms with Crippen molar-refractivity contribution in [2.24, 2.45) is 10.9 Å². The number of aliphatic imine (C=N–C) groups is 1. The van der Waals surface area contributed by atoms with Crippen molar-refractivity contribution in [1.82, 2.24) is 9.80 Å². The summed E-state index contributed by atoms with van der Waals surface area (Å²) < 4.78 is 0. The first-order chi connectivity index (χ1) is 21.5. The van der Waals surface area contributed by atoms with Crippen LogP contribution in [-0.2, 0) is 11.2 Å². The highest BCUT2D eigenvalue weighted by atomic mass is 35.5. The molecule has 4 nitrogen and oxygen atoms in total. The lowest BCUT2D eigenvalue weighted by atomic mass is 9.87. The van der Waals surface area contributed by atoms with Crippen LogP contribution in [0.25, 0.3) is 0 Å². The molecule has 1 heterocycles. The highest BCUT2D eigenvalue weighted by Gasteiger charge is 2.47. The predicted octanol–water partition coefficient (Wildman–Crippen LogP) is 11.1. The van der Waals surface area contributed by atoms with Crippen LogP contribution in [0.2, 0.25) is 5.02 Å². The number of benzene rings is 1.